The molecule has 0 heterocycles. The van der Waals surface area contributed by atoms with Gasteiger partial charge in [0.2, 0.25) is 0 Å². The van der Waals surface area contributed by atoms with E-state index in [9.17, 15) is 0 Å². The summed E-state index contributed by atoms with van der Waals surface area (Å²) in [6.45, 7) is 7.13. The summed E-state index contributed by atoms with van der Waals surface area (Å²) in [6.07, 6.45) is 35.9. The quantitative estimate of drug-likeness (QED) is 0.0384. The van der Waals surface area contributed by atoms with Crippen LogP contribution in [0.5, 0.6) is 0 Å². The van der Waals surface area contributed by atoms with Gasteiger partial charge in [0.05, 0.1) is 38.6 Å². The lowest BCUT2D eigenvalue weighted by molar-refractivity contribution is -0.702. The molecule has 0 spiro atoms. The molecule has 2 N–H and O–H groups in total. The van der Waals surface area contributed by atoms with Gasteiger partial charge < -0.3 is 19.5 Å². The highest BCUT2D eigenvalue weighted by molar-refractivity contribution is 5.14. The number of unbranched alkanes of at least 4 members (excludes halogenated alkanes) is 24. The van der Waals surface area contributed by atoms with Crippen molar-refractivity contribution in [3.05, 3.63) is 71.8 Å². The fraction of sp³-hybridized carbons (Fsp3) is 0.760. The molecule has 0 amide bonds. The van der Waals surface area contributed by atoms with Crippen LogP contribution in [-0.4, -0.2) is 50.4 Å². The van der Waals surface area contributed by atoms with Gasteiger partial charge in [-0.25, -0.2) is 10.1 Å². The van der Waals surface area contributed by atoms with E-state index in [1.807, 2.05) is 6.07 Å². The summed E-state index contributed by atoms with van der Waals surface area (Å²) in [7, 11) is 0. The van der Waals surface area contributed by atoms with Gasteiger partial charge in [0.25, 0.3) is 0 Å². The lowest BCUT2D eigenvalue weighted by Gasteiger charge is -2.29. The summed E-state index contributed by atoms with van der Waals surface area (Å²) in [5.41, 5.74) is 2.41. The van der Waals surface area contributed by atoms with E-state index < -0.39 is 0 Å². The predicted octanol–water partition coefficient (Wildman–Crippen LogP) is 14.0. The SMILES string of the molecule is CCCCCCCCCCCCCCCCCCOCC(NCCCCCCCCCCCCOOOOO)C(CCCOCc1ccccc1)OCc1ccccc1. The van der Waals surface area contributed by atoms with E-state index in [0.29, 0.717) is 33.0 Å². The van der Waals surface area contributed by atoms with E-state index in [1.165, 1.54) is 152 Å². The summed E-state index contributed by atoms with van der Waals surface area (Å²) in [6, 6.07) is 21.1. The maximum atomic E-state index is 7.99. The minimum atomic E-state index is 0.0447. The molecule has 59 heavy (non-hydrogen) atoms. The molecule has 0 aromatic heterocycles. The first-order valence-corrected chi connectivity index (χ1v) is 24.2. The van der Waals surface area contributed by atoms with Gasteiger partial charge in [0.1, 0.15) is 0 Å². The highest BCUT2D eigenvalue weighted by atomic mass is 17.8. The van der Waals surface area contributed by atoms with Crippen molar-refractivity contribution in [1.82, 2.24) is 5.32 Å². The number of ether oxygens (including phenoxy) is 3. The summed E-state index contributed by atoms with van der Waals surface area (Å²) in [5, 5.41) is 23.1. The Bertz CT molecular complexity index is 1100. The maximum Gasteiger partial charge on any atom is 0.0855 e. The largest absolute Gasteiger partial charge is 0.380 e. The highest BCUT2D eigenvalue weighted by Crippen LogP contribution is 2.17. The van der Waals surface area contributed by atoms with Gasteiger partial charge >= 0.3 is 0 Å². The Morgan fingerprint density at radius 3 is 1.46 bits per heavy atom. The molecule has 2 aromatic carbocycles. The smallest absolute Gasteiger partial charge is 0.0855 e. The lowest BCUT2D eigenvalue weighted by atomic mass is 10.0. The molecule has 2 unspecified atom stereocenters. The Morgan fingerprint density at radius 2 is 0.932 bits per heavy atom. The monoisotopic (exact) mass is 830 g/mol. The fourth-order valence-corrected chi connectivity index (χ4v) is 7.64. The fourth-order valence-electron chi connectivity index (χ4n) is 7.64. The molecule has 0 aliphatic carbocycles. The highest BCUT2D eigenvalue weighted by Gasteiger charge is 2.22. The second-order valence-electron chi connectivity index (χ2n) is 16.5. The molecule has 0 saturated heterocycles. The summed E-state index contributed by atoms with van der Waals surface area (Å²) in [4.78, 5) is 4.70. The topological polar surface area (TPSA) is 96.9 Å². The van der Waals surface area contributed by atoms with Crippen molar-refractivity contribution in [3.8, 4) is 0 Å². The van der Waals surface area contributed by atoms with Gasteiger partial charge in [-0.1, -0.05) is 215 Å². The minimum absolute atomic E-state index is 0.0447. The van der Waals surface area contributed by atoms with E-state index in [2.05, 4.69) is 82.0 Å². The Morgan fingerprint density at radius 1 is 0.475 bits per heavy atom. The predicted molar refractivity (Wildman–Crippen MR) is 241 cm³/mol. The van der Waals surface area contributed by atoms with Crippen LogP contribution in [0.1, 0.15) is 198 Å². The summed E-state index contributed by atoms with van der Waals surface area (Å²) in [5.74, 6) is 0. The minimum Gasteiger partial charge on any atom is -0.380 e. The van der Waals surface area contributed by atoms with Crippen molar-refractivity contribution in [2.75, 3.05) is 33.0 Å². The van der Waals surface area contributed by atoms with Crippen LogP contribution in [0.15, 0.2) is 60.7 Å². The molecular weight excluding hydrogens is 743 g/mol. The molecule has 0 bridgehead atoms. The van der Waals surface area contributed by atoms with E-state index in [0.717, 1.165) is 51.7 Å². The van der Waals surface area contributed by atoms with Crippen molar-refractivity contribution in [2.24, 2.45) is 0 Å². The molecule has 2 rings (SSSR count). The molecule has 0 saturated carbocycles. The Hall–Kier alpha value is -1.92. The number of benzene rings is 2. The lowest BCUT2D eigenvalue weighted by Crippen LogP contribution is -2.45. The molecule has 0 aliphatic rings. The van der Waals surface area contributed by atoms with Gasteiger partial charge in [-0.05, 0) is 64.9 Å². The van der Waals surface area contributed by atoms with E-state index in [4.69, 9.17) is 24.4 Å². The van der Waals surface area contributed by atoms with Crippen molar-refractivity contribution in [3.63, 3.8) is 0 Å². The van der Waals surface area contributed by atoms with Gasteiger partial charge in [0.15, 0.2) is 0 Å². The van der Waals surface area contributed by atoms with E-state index in [-0.39, 0.29) is 12.1 Å². The van der Waals surface area contributed by atoms with Gasteiger partial charge in [-0.15, -0.1) is 0 Å². The summed E-state index contributed by atoms with van der Waals surface area (Å²) >= 11 is 0. The van der Waals surface area contributed by atoms with Gasteiger partial charge in [0, 0.05) is 13.2 Å². The first kappa shape index (κ1) is 53.2. The van der Waals surface area contributed by atoms with E-state index in [1.54, 1.807) is 0 Å². The van der Waals surface area contributed by atoms with Crippen LogP contribution >= 0.6 is 0 Å². The average molecular weight is 830 g/mol. The van der Waals surface area contributed by atoms with Crippen LogP contribution < -0.4 is 5.32 Å². The number of hydrogen-bond acceptors (Lipinski definition) is 9. The molecule has 9 heteroatoms. The second-order valence-corrected chi connectivity index (χ2v) is 16.5. The Kier molecular flexibility index (Phi) is 38.6. The van der Waals surface area contributed by atoms with Crippen LogP contribution in [0.2, 0.25) is 0 Å². The molecular formula is C50H87NO8. The Balaban J connectivity index is 1.69. The maximum absolute atomic E-state index is 7.99. The van der Waals surface area contributed by atoms with Crippen molar-refractivity contribution in [1.29, 1.82) is 0 Å². The standard InChI is InChI=1S/C50H87NO8/c1-2-3-4-5-6-7-8-9-10-11-12-14-17-20-23-32-41-54-46-49(51-40-31-22-19-16-13-15-18-21-24-33-43-56-58-59-57-52)50(55-45-48-37-29-26-30-38-48)39-34-42-53-44-47-35-27-25-28-36-47/h25-30,35-38,49-52H,2-24,31-34,39-46H2,1H3. The van der Waals surface area contributed by atoms with Gasteiger partial charge in [-0.3, -0.25) is 0 Å². The molecule has 2 atom stereocenters. The van der Waals surface area contributed by atoms with Crippen LogP contribution in [0.3, 0.4) is 0 Å². The Labute approximate surface area is 360 Å². The van der Waals surface area contributed by atoms with Crippen molar-refractivity contribution < 1.29 is 39.5 Å². The zero-order valence-electron chi connectivity index (χ0n) is 37.5. The molecule has 9 nitrogen and oxygen atoms in total. The average Bonchev–Trinajstić information content (AvgIpc) is 3.26. The van der Waals surface area contributed by atoms with Crippen LogP contribution in [0.25, 0.3) is 0 Å². The first-order chi connectivity index (χ1) is 29.3. The number of rotatable bonds is 46. The number of nitrogens with one attached hydrogen (secondary N) is 1. The molecule has 0 aliphatic heterocycles. The zero-order valence-corrected chi connectivity index (χ0v) is 37.5. The summed E-state index contributed by atoms with van der Waals surface area (Å²) < 4.78 is 19.2. The van der Waals surface area contributed by atoms with Crippen LogP contribution in [0, 0.1) is 0 Å². The first-order valence-electron chi connectivity index (χ1n) is 24.2. The van der Waals surface area contributed by atoms with Crippen molar-refractivity contribution in [2.45, 2.75) is 212 Å². The molecule has 0 fully saturated rings. The zero-order chi connectivity index (χ0) is 41.8. The molecule has 2 aromatic rings. The van der Waals surface area contributed by atoms with E-state index >= 15 is 0 Å². The third kappa shape index (κ3) is 34.4. The van der Waals surface area contributed by atoms with Crippen molar-refractivity contribution >= 4 is 0 Å². The third-order valence-electron chi connectivity index (χ3n) is 11.3. The second kappa shape index (κ2) is 42.8. The molecule has 340 valence electrons. The number of hydrogen-bond donors (Lipinski definition) is 2. The van der Waals surface area contributed by atoms with Gasteiger partial charge in [-0.2, -0.15) is 0 Å². The third-order valence-corrected chi connectivity index (χ3v) is 11.3. The van der Waals surface area contributed by atoms with Crippen LogP contribution in [0.4, 0.5) is 0 Å². The molecule has 0 radical (unpaired) electrons. The van der Waals surface area contributed by atoms with Crippen LogP contribution in [-0.2, 0) is 47.4 Å². The normalized spacial score (nSPS) is 12.6.